The molecule has 0 saturated carbocycles. The van der Waals surface area contributed by atoms with Gasteiger partial charge in [0.05, 0.1) is 11.6 Å². The maximum absolute atomic E-state index is 13.6. The summed E-state index contributed by atoms with van der Waals surface area (Å²) >= 11 is 0. The summed E-state index contributed by atoms with van der Waals surface area (Å²) in [5, 5.41) is 2.67. The third kappa shape index (κ3) is 2.93. The first-order chi connectivity index (χ1) is 8.97. The van der Waals surface area contributed by atoms with Gasteiger partial charge in [-0.1, -0.05) is 0 Å². The number of carbonyl (C=O) groups excluding carboxylic acids is 1. The Kier molecular flexibility index (Phi) is 3.55. The minimum atomic E-state index is -0.639. The maximum atomic E-state index is 13.6. The Labute approximate surface area is 110 Å². The van der Waals surface area contributed by atoms with E-state index in [9.17, 15) is 9.18 Å². The van der Waals surface area contributed by atoms with Gasteiger partial charge in [0, 0.05) is 5.69 Å². The Morgan fingerprint density at radius 2 is 2.11 bits per heavy atom. The summed E-state index contributed by atoms with van der Waals surface area (Å²) in [7, 11) is 0. The number of hydrogen-bond donors (Lipinski definition) is 2. The Morgan fingerprint density at radius 3 is 2.68 bits per heavy atom. The Hall–Kier alpha value is -2.30. The summed E-state index contributed by atoms with van der Waals surface area (Å²) in [5.41, 5.74) is 5.68. The molecule has 0 bridgehead atoms. The molecule has 1 amide bonds. The molecule has 100 valence electrons. The van der Waals surface area contributed by atoms with Gasteiger partial charge in [0.15, 0.2) is 0 Å². The summed E-state index contributed by atoms with van der Waals surface area (Å²) < 4.78 is 19.0. The minimum Gasteiger partial charge on any atom is -0.464 e. The van der Waals surface area contributed by atoms with Crippen molar-refractivity contribution in [2.24, 2.45) is 0 Å². The first-order valence-corrected chi connectivity index (χ1v) is 5.89. The number of nitrogens with one attached hydrogen (secondary N) is 1. The molecule has 2 aromatic rings. The van der Waals surface area contributed by atoms with Crippen molar-refractivity contribution in [3.63, 3.8) is 0 Å². The van der Waals surface area contributed by atoms with E-state index < -0.39 is 11.7 Å². The van der Waals surface area contributed by atoms with Crippen LogP contribution in [0.2, 0.25) is 0 Å². The van der Waals surface area contributed by atoms with Crippen LogP contribution < -0.4 is 11.1 Å². The smallest absolute Gasteiger partial charge is 0.254 e. The molecule has 0 aliphatic rings. The van der Waals surface area contributed by atoms with Gasteiger partial charge in [0.1, 0.15) is 17.3 Å². The number of anilines is 1. The number of amides is 1. The monoisotopic (exact) mass is 262 g/mol. The highest BCUT2D eigenvalue weighted by Crippen LogP contribution is 2.17. The number of hydrogen-bond acceptors (Lipinski definition) is 3. The lowest BCUT2D eigenvalue weighted by molar-refractivity contribution is 0.0931. The Morgan fingerprint density at radius 1 is 1.37 bits per heavy atom. The van der Waals surface area contributed by atoms with Crippen LogP contribution in [-0.2, 0) is 0 Å². The van der Waals surface area contributed by atoms with Crippen molar-refractivity contribution in [2.45, 2.75) is 19.9 Å². The molecule has 0 aliphatic carbocycles. The summed E-state index contributed by atoms with van der Waals surface area (Å²) in [4.78, 5) is 11.9. The lowest BCUT2D eigenvalue weighted by atomic mass is 10.1. The van der Waals surface area contributed by atoms with Gasteiger partial charge in [-0.25, -0.2) is 4.39 Å². The highest BCUT2D eigenvalue weighted by atomic mass is 19.1. The quantitative estimate of drug-likeness (QED) is 0.836. The average Bonchev–Trinajstić information content (AvgIpc) is 2.75. The molecule has 1 atom stereocenters. The number of benzene rings is 1. The molecule has 0 aliphatic heterocycles. The first kappa shape index (κ1) is 13.1. The summed E-state index contributed by atoms with van der Waals surface area (Å²) in [6, 6.07) is 7.22. The van der Waals surface area contributed by atoms with E-state index in [1.165, 1.54) is 12.1 Å². The molecule has 19 heavy (non-hydrogen) atoms. The molecule has 5 heteroatoms. The van der Waals surface area contributed by atoms with Crippen LogP contribution in [-0.4, -0.2) is 5.91 Å². The van der Waals surface area contributed by atoms with E-state index in [-0.39, 0.29) is 17.3 Å². The average molecular weight is 262 g/mol. The van der Waals surface area contributed by atoms with Crippen LogP contribution in [0.4, 0.5) is 10.1 Å². The van der Waals surface area contributed by atoms with Gasteiger partial charge in [-0.3, -0.25) is 4.79 Å². The third-order valence-electron chi connectivity index (χ3n) is 2.77. The molecular formula is C14H15FN2O2. The van der Waals surface area contributed by atoms with E-state index in [2.05, 4.69) is 5.32 Å². The molecule has 0 spiro atoms. The van der Waals surface area contributed by atoms with Crippen molar-refractivity contribution in [3.8, 4) is 0 Å². The van der Waals surface area contributed by atoms with Crippen molar-refractivity contribution in [1.82, 2.24) is 5.32 Å². The number of nitrogens with two attached hydrogens (primary N) is 1. The van der Waals surface area contributed by atoms with Crippen LogP contribution >= 0.6 is 0 Å². The largest absolute Gasteiger partial charge is 0.464 e. The molecule has 0 fully saturated rings. The van der Waals surface area contributed by atoms with Gasteiger partial charge in [-0.2, -0.15) is 0 Å². The molecule has 4 nitrogen and oxygen atoms in total. The van der Waals surface area contributed by atoms with Gasteiger partial charge in [0.25, 0.3) is 5.91 Å². The lowest BCUT2D eigenvalue weighted by Gasteiger charge is -2.12. The van der Waals surface area contributed by atoms with E-state index in [1.54, 1.807) is 13.0 Å². The van der Waals surface area contributed by atoms with Crippen LogP contribution in [0.5, 0.6) is 0 Å². The summed E-state index contributed by atoms with van der Waals surface area (Å²) in [6.07, 6.45) is 0. The number of carbonyl (C=O) groups is 1. The van der Waals surface area contributed by atoms with E-state index in [0.717, 1.165) is 11.8 Å². The second-order valence-electron chi connectivity index (χ2n) is 4.38. The van der Waals surface area contributed by atoms with Crippen LogP contribution in [0.15, 0.2) is 34.7 Å². The summed E-state index contributed by atoms with van der Waals surface area (Å²) in [6.45, 7) is 3.59. The third-order valence-corrected chi connectivity index (χ3v) is 2.77. The highest BCUT2D eigenvalue weighted by molar-refractivity contribution is 5.95. The Balaban J connectivity index is 2.12. The molecule has 0 saturated heterocycles. The molecule has 3 N–H and O–H groups in total. The van der Waals surface area contributed by atoms with Crippen molar-refractivity contribution in [3.05, 3.63) is 53.2 Å². The first-order valence-electron chi connectivity index (χ1n) is 5.89. The number of halogens is 1. The van der Waals surface area contributed by atoms with Gasteiger partial charge in [0.2, 0.25) is 0 Å². The molecule has 2 rings (SSSR count). The molecule has 1 heterocycles. The number of rotatable bonds is 3. The second kappa shape index (κ2) is 5.14. The van der Waals surface area contributed by atoms with Crippen molar-refractivity contribution >= 4 is 11.6 Å². The van der Waals surface area contributed by atoms with E-state index in [1.807, 2.05) is 13.0 Å². The van der Waals surface area contributed by atoms with Crippen molar-refractivity contribution < 1.29 is 13.6 Å². The zero-order chi connectivity index (χ0) is 14.0. The van der Waals surface area contributed by atoms with Crippen molar-refractivity contribution in [1.29, 1.82) is 0 Å². The fourth-order valence-electron chi connectivity index (χ4n) is 1.75. The van der Waals surface area contributed by atoms with Gasteiger partial charge in [-0.05, 0) is 44.2 Å². The van der Waals surface area contributed by atoms with Crippen molar-refractivity contribution in [2.75, 3.05) is 5.73 Å². The van der Waals surface area contributed by atoms with E-state index >= 15 is 0 Å². The van der Waals surface area contributed by atoms with E-state index in [4.69, 9.17) is 10.2 Å². The van der Waals surface area contributed by atoms with Crippen LogP contribution in [0.3, 0.4) is 0 Å². The predicted molar refractivity (Wildman–Crippen MR) is 70.1 cm³/mol. The fraction of sp³-hybridized carbons (Fsp3) is 0.214. The maximum Gasteiger partial charge on any atom is 0.254 e. The van der Waals surface area contributed by atoms with Gasteiger partial charge >= 0.3 is 0 Å². The molecule has 0 radical (unpaired) electrons. The molecule has 1 aromatic carbocycles. The summed E-state index contributed by atoms with van der Waals surface area (Å²) in [5.74, 6) is 0.246. The molecule has 1 aromatic heterocycles. The van der Waals surface area contributed by atoms with E-state index in [0.29, 0.717) is 5.76 Å². The normalized spacial score (nSPS) is 12.2. The number of aryl methyl sites for hydroxylation is 1. The molecule has 1 unspecified atom stereocenters. The second-order valence-corrected chi connectivity index (χ2v) is 4.38. The Bertz CT molecular complexity index is 607. The van der Waals surface area contributed by atoms with Crippen LogP contribution in [0.1, 0.15) is 34.8 Å². The topological polar surface area (TPSA) is 68.3 Å². The van der Waals surface area contributed by atoms with Crippen LogP contribution in [0, 0.1) is 12.7 Å². The van der Waals surface area contributed by atoms with Crippen LogP contribution in [0.25, 0.3) is 0 Å². The zero-order valence-electron chi connectivity index (χ0n) is 10.7. The molecular weight excluding hydrogens is 247 g/mol. The van der Waals surface area contributed by atoms with Gasteiger partial charge < -0.3 is 15.5 Å². The SMILES string of the molecule is Cc1ccc(C(C)NC(=O)c2ccc(N)cc2F)o1. The zero-order valence-corrected chi connectivity index (χ0v) is 10.7. The standard InChI is InChI=1S/C14H15FN2O2/c1-8-3-6-13(19-8)9(2)17-14(18)11-5-4-10(16)7-12(11)15/h3-7,9H,16H2,1-2H3,(H,17,18). The highest BCUT2D eigenvalue weighted by Gasteiger charge is 2.16. The fourth-order valence-corrected chi connectivity index (χ4v) is 1.75. The lowest BCUT2D eigenvalue weighted by Crippen LogP contribution is -2.27. The number of nitrogen functional groups attached to an aromatic ring is 1. The number of furan rings is 1. The van der Waals surface area contributed by atoms with Gasteiger partial charge in [-0.15, -0.1) is 0 Å². The minimum absolute atomic E-state index is 0.0377. The predicted octanol–water partition coefficient (Wildman–Crippen LogP) is 2.80.